The molecule has 2 rings (SSSR count). The number of rotatable bonds is 2. The van der Waals surface area contributed by atoms with E-state index in [0.29, 0.717) is 6.04 Å². The van der Waals surface area contributed by atoms with Gasteiger partial charge in [0.1, 0.15) is 5.82 Å². The van der Waals surface area contributed by atoms with Gasteiger partial charge in [-0.3, -0.25) is 0 Å². The molecular formula is C13H20BrN3. The van der Waals surface area contributed by atoms with Crippen molar-refractivity contribution in [3.8, 4) is 0 Å². The third kappa shape index (κ3) is 2.99. The van der Waals surface area contributed by atoms with Crippen LogP contribution in [0.3, 0.4) is 0 Å². The second-order valence-electron chi connectivity index (χ2n) is 4.96. The van der Waals surface area contributed by atoms with Gasteiger partial charge >= 0.3 is 0 Å². The van der Waals surface area contributed by atoms with Crippen molar-refractivity contribution in [2.45, 2.75) is 25.8 Å². The average Bonchev–Trinajstić information content (AvgIpc) is 2.29. The van der Waals surface area contributed by atoms with Gasteiger partial charge in [0, 0.05) is 19.3 Å². The molecule has 0 spiro atoms. The molecule has 0 bridgehead atoms. The van der Waals surface area contributed by atoms with E-state index < -0.39 is 0 Å². The molecule has 0 unspecified atom stereocenters. The van der Waals surface area contributed by atoms with Crippen LogP contribution in [0.25, 0.3) is 0 Å². The topological polar surface area (TPSA) is 19.4 Å². The van der Waals surface area contributed by atoms with Crippen LogP contribution >= 0.6 is 15.9 Å². The third-order valence-corrected chi connectivity index (χ3v) is 4.11. The fourth-order valence-electron chi connectivity index (χ4n) is 2.34. The van der Waals surface area contributed by atoms with Gasteiger partial charge in [-0.1, -0.05) is 0 Å². The molecule has 0 saturated carbocycles. The van der Waals surface area contributed by atoms with Crippen molar-refractivity contribution < 1.29 is 0 Å². The minimum atomic E-state index is 0.609. The van der Waals surface area contributed by atoms with E-state index in [1.165, 1.54) is 31.5 Å². The predicted molar refractivity (Wildman–Crippen MR) is 75.6 cm³/mol. The molecule has 0 aliphatic carbocycles. The molecule has 1 fully saturated rings. The van der Waals surface area contributed by atoms with Crippen LogP contribution in [0, 0.1) is 6.92 Å². The Morgan fingerprint density at radius 3 is 2.65 bits per heavy atom. The van der Waals surface area contributed by atoms with Crippen LogP contribution < -0.4 is 4.90 Å². The fourth-order valence-corrected chi connectivity index (χ4v) is 3.08. The van der Waals surface area contributed by atoms with Crippen molar-refractivity contribution in [1.29, 1.82) is 0 Å². The molecule has 4 heteroatoms. The highest BCUT2D eigenvalue weighted by Crippen LogP contribution is 2.27. The smallest absolute Gasteiger partial charge is 0.142 e. The summed E-state index contributed by atoms with van der Waals surface area (Å²) in [5.74, 6) is 1.06. The summed E-state index contributed by atoms with van der Waals surface area (Å²) < 4.78 is 1.10. The molecule has 0 aromatic carbocycles. The van der Waals surface area contributed by atoms with Gasteiger partial charge in [0.05, 0.1) is 4.47 Å². The van der Waals surface area contributed by atoms with Crippen LogP contribution in [0.5, 0.6) is 0 Å². The van der Waals surface area contributed by atoms with Gasteiger partial charge in [-0.05, 0) is 67.5 Å². The van der Waals surface area contributed by atoms with Gasteiger partial charge < -0.3 is 9.80 Å². The number of likely N-dealkylation sites (tertiary alicyclic amines) is 1. The number of piperidine rings is 1. The number of halogens is 1. The molecule has 0 N–H and O–H groups in total. The minimum absolute atomic E-state index is 0.609. The summed E-state index contributed by atoms with van der Waals surface area (Å²) in [6, 6.07) is 2.74. The summed E-state index contributed by atoms with van der Waals surface area (Å²) in [5, 5.41) is 0. The molecule has 1 aliphatic heterocycles. The number of anilines is 1. The second kappa shape index (κ2) is 5.36. The highest BCUT2D eigenvalue weighted by atomic mass is 79.9. The maximum atomic E-state index is 4.54. The van der Waals surface area contributed by atoms with Crippen molar-refractivity contribution in [3.05, 3.63) is 22.3 Å². The second-order valence-corrected chi connectivity index (χ2v) is 5.82. The van der Waals surface area contributed by atoms with Crippen molar-refractivity contribution >= 4 is 21.7 Å². The largest absolute Gasteiger partial charge is 0.356 e. The van der Waals surface area contributed by atoms with Crippen molar-refractivity contribution in [2.24, 2.45) is 0 Å². The molecule has 1 aromatic rings. The number of nitrogens with zero attached hydrogens (tertiary/aromatic N) is 3. The lowest BCUT2D eigenvalue weighted by Crippen LogP contribution is -2.42. The molecular weight excluding hydrogens is 278 g/mol. The minimum Gasteiger partial charge on any atom is -0.356 e. The maximum absolute atomic E-state index is 4.54. The molecule has 1 saturated heterocycles. The summed E-state index contributed by atoms with van der Waals surface area (Å²) in [4.78, 5) is 9.24. The van der Waals surface area contributed by atoms with E-state index in [4.69, 9.17) is 0 Å². The van der Waals surface area contributed by atoms with Crippen molar-refractivity contribution in [3.63, 3.8) is 0 Å². The average molecular weight is 298 g/mol. The van der Waals surface area contributed by atoms with Gasteiger partial charge in [0.15, 0.2) is 0 Å². The molecule has 2 heterocycles. The molecule has 17 heavy (non-hydrogen) atoms. The quantitative estimate of drug-likeness (QED) is 0.837. The number of hydrogen-bond donors (Lipinski definition) is 0. The predicted octanol–water partition coefficient (Wildman–Crippen LogP) is 2.68. The lowest BCUT2D eigenvalue weighted by atomic mass is 10.0. The van der Waals surface area contributed by atoms with Crippen molar-refractivity contribution in [2.75, 3.05) is 32.1 Å². The van der Waals surface area contributed by atoms with Crippen LogP contribution in [0.2, 0.25) is 0 Å². The normalized spacial score (nSPS) is 18.4. The summed E-state index contributed by atoms with van der Waals surface area (Å²) in [6.07, 6.45) is 4.37. The van der Waals surface area contributed by atoms with Crippen molar-refractivity contribution in [1.82, 2.24) is 9.88 Å². The highest BCUT2D eigenvalue weighted by Gasteiger charge is 2.22. The molecule has 3 nitrogen and oxygen atoms in total. The van der Waals surface area contributed by atoms with E-state index in [-0.39, 0.29) is 0 Å². The maximum Gasteiger partial charge on any atom is 0.142 e. The number of hydrogen-bond acceptors (Lipinski definition) is 3. The summed E-state index contributed by atoms with van der Waals surface area (Å²) in [7, 11) is 4.34. The Morgan fingerprint density at radius 2 is 2.06 bits per heavy atom. The summed E-state index contributed by atoms with van der Waals surface area (Å²) >= 11 is 3.61. The van der Waals surface area contributed by atoms with E-state index in [1.54, 1.807) is 0 Å². The van der Waals surface area contributed by atoms with Crippen LogP contribution in [0.1, 0.15) is 18.4 Å². The number of aryl methyl sites for hydroxylation is 1. The Bertz CT molecular complexity index is 386. The summed E-state index contributed by atoms with van der Waals surface area (Å²) in [6.45, 7) is 4.42. The van der Waals surface area contributed by atoms with Gasteiger partial charge in [-0.25, -0.2) is 4.98 Å². The highest BCUT2D eigenvalue weighted by molar-refractivity contribution is 9.10. The first kappa shape index (κ1) is 12.8. The van der Waals surface area contributed by atoms with Crippen LogP contribution in [-0.4, -0.2) is 43.1 Å². The Balaban J connectivity index is 2.11. The zero-order valence-electron chi connectivity index (χ0n) is 10.8. The zero-order valence-corrected chi connectivity index (χ0v) is 12.4. The monoisotopic (exact) mass is 297 g/mol. The first-order valence-corrected chi connectivity index (χ1v) is 6.90. The standard InChI is InChI=1S/C13H20BrN3/c1-10-8-12(14)13(15-9-10)17(3)11-4-6-16(2)7-5-11/h8-9,11H,4-7H2,1-3H3. The lowest BCUT2D eigenvalue weighted by molar-refractivity contribution is 0.252. The first-order chi connectivity index (χ1) is 8.08. The molecule has 94 valence electrons. The summed E-state index contributed by atoms with van der Waals surface area (Å²) in [5.41, 5.74) is 1.19. The third-order valence-electron chi connectivity index (χ3n) is 3.53. The zero-order chi connectivity index (χ0) is 12.4. The molecule has 0 amide bonds. The van der Waals surface area contributed by atoms with E-state index in [2.05, 4.69) is 57.8 Å². The van der Waals surface area contributed by atoms with E-state index in [1.807, 2.05) is 6.20 Å². The van der Waals surface area contributed by atoms with E-state index >= 15 is 0 Å². The van der Waals surface area contributed by atoms with Crippen LogP contribution in [0.4, 0.5) is 5.82 Å². The number of pyridine rings is 1. The van der Waals surface area contributed by atoms with Gasteiger partial charge in [0.2, 0.25) is 0 Å². The molecule has 0 radical (unpaired) electrons. The molecule has 1 aliphatic rings. The van der Waals surface area contributed by atoms with Crippen LogP contribution in [-0.2, 0) is 0 Å². The van der Waals surface area contributed by atoms with Crippen LogP contribution in [0.15, 0.2) is 16.7 Å². The number of aromatic nitrogens is 1. The molecule has 1 aromatic heterocycles. The van der Waals surface area contributed by atoms with Gasteiger partial charge in [-0.2, -0.15) is 0 Å². The fraction of sp³-hybridized carbons (Fsp3) is 0.615. The Kier molecular flexibility index (Phi) is 4.05. The first-order valence-electron chi connectivity index (χ1n) is 6.11. The van der Waals surface area contributed by atoms with E-state index in [0.717, 1.165) is 10.3 Å². The van der Waals surface area contributed by atoms with Gasteiger partial charge in [-0.15, -0.1) is 0 Å². The van der Waals surface area contributed by atoms with E-state index in [9.17, 15) is 0 Å². The Hall–Kier alpha value is -0.610. The Morgan fingerprint density at radius 1 is 1.41 bits per heavy atom. The SMILES string of the molecule is Cc1cnc(N(C)C2CCN(C)CC2)c(Br)c1. The lowest BCUT2D eigenvalue weighted by Gasteiger charge is -2.36. The Labute approximate surface area is 112 Å². The van der Waals surface area contributed by atoms with Gasteiger partial charge in [0.25, 0.3) is 0 Å². The molecule has 0 atom stereocenters.